The Balaban J connectivity index is 0.713. The van der Waals surface area contributed by atoms with Gasteiger partial charge in [-0.15, -0.1) is 11.8 Å². The van der Waals surface area contributed by atoms with Gasteiger partial charge in [0.25, 0.3) is 5.91 Å². The maximum atomic E-state index is 13.6. The molecule has 7 N–H and O–H groups in total. The van der Waals surface area contributed by atoms with Crippen LogP contribution in [-0.2, 0) is 65.9 Å². The summed E-state index contributed by atoms with van der Waals surface area (Å²) in [6.45, 7) is 5.11. The molecule has 0 bridgehead atoms. The highest BCUT2D eigenvalue weighted by Gasteiger charge is 2.47. The number of fused-ring (bicyclic) bond motifs is 1. The van der Waals surface area contributed by atoms with Gasteiger partial charge in [-0.3, -0.25) is 23.7 Å². The molecule has 0 spiro atoms. The Labute approximate surface area is 499 Å². The van der Waals surface area contributed by atoms with Gasteiger partial charge in [0.05, 0.1) is 155 Å². The van der Waals surface area contributed by atoms with E-state index in [1.54, 1.807) is 23.9 Å². The van der Waals surface area contributed by atoms with Crippen molar-refractivity contribution in [3.8, 4) is 5.75 Å². The first-order valence-electron chi connectivity index (χ1n) is 26.6. The van der Waals surface area contributed by atoms with Gasteiger partial charge < -0.3 is 92.5 Å². The molecule has 2 aromatic carbocycles. The summed E-state index contributed by atoms with van der Waals surface area (Å²) < 4.78 is 124. The van der Waals surface area contributed by atoms with Crippen LogP contribution in [0.15, 0.2) is 57.6 Å². The van der Waals surface area contributed by atoms with Gasteiger partial charge in [0, 0.05) is 47.6 Å². The molecule has 0 saturated carbocycles. The zero-order valence-corrected chi connectivity index (χ0v) is 49.6. The Hall–Kier alpha value is -5.13. The van der Waals surface area contributed by atoms with Crippen LogP contribution in [0, 0.1) is 23.4 Å². The zero-order valence-electron chi connectivity index (χ0n) is 46.2. The number of esters is 1. The van der Waals surface area contributed by atoms with E-state index in [4.69, 9.17) is 74.4 Å². The van der Waals surface area contributed by atoms with Crippen LogP contribution in [0.5, 0.6) is 5.75 Å². The number of nitrogens with zero attached hydrogens (tertiary/aromatic N) is 7. The number of amides is 1. The number of hydrogen-bond acceptors (Lipinski definition) is 25. The molecule has 2 saturated heterocycles. The first-order valence-corrected chi connectivity index (χ1v) is 31.5. The van der Waals surface area contributed by atoms with Crippen LogP contribution >= 0.6 is 38.6 Å². The second-order valence-corrected chi connectivity index (χ2v) is 24.0. The Morgan fingerprint density at radius 2 is 1.42 bits per heavy atom. The first kappa shape index (κ1) is 70.0. The van der Waals surface area contributed by atoms with Gasteiger partial charge in [0.15, 0.2) is 29.4 Å². The van der Waals surface area contributed by atoms with E-state index >= 15 is 0 Å². The zero-order chi connectivity index (χ0) is 61.9. The molecule has 476 valence electrons. The lowest BCUT2D eigenvalue weighted by Gasteiger charge is -2.40. The average Bonchev–Trinajstić information content (AvgIpc) is 1.68. The van der Waals surface area contributed by atoms with Gasteiger partial charge >= 0.3 is 21.2 Å². The first-order chi connectivity index (χ1) is 41.3. The van der Waals surface area contributed by atoms with Crippen LogP contribution in [0.25, 0.3) is 11.0 Å². The number of hydrazone groups is 1. The number of aromatic nitrogens is 4. The van der Waals surface area contributed by atoms with E-state index in [1.807, 2.05) is 17.0 Å². The maximum absolute atomic E-state index is 13.6. The van der Waals surface area contributed by atoms with Crippen LogP contribution in [-0.4, -0.2) is 231 Å². The monoisotopic (exact) mass is 1300 g/mol. The normalized spacial score (nSPS) is 18.2. The number of carbonyl (C=O) groups excluding carboxylic acids is 3. The molecule has 2 fully saturated rings. The highest BCUT2D eigenvalue weighted by Crippen LogP contribution is 2.55. The molecule has 2 aromatic heterocycles. The molecule has 36 heteroatoms. The number of aldehydes is 1. The third-order valence-electron chi connectivity index (χ3n) is 12.0. The number of benzene rings is 2. The van der Waals surface area contributed by atoms with Crippen molar-refractivity contribution in [2.45, 2.75) is 35.8 Å². The summed E-state index contributed by atoms with van der Waals surface area (Å²) in [7, 11) is -9.70. The van der Waals surface area contributed by atoms with Gasteiger partial charge in [-0.1, -0.05) is 0 Å². The van der Waals surface area contributed by atoms with Crippen molar-refractivity contribution in [2.75, 3.05) is 149 Å². The number of nitrogens with one attached hydrogen (secondary N) is 1. The van der Waals surface area contributed by atoms with E-state index in [9.17, 15) is 46.7 Å². The molecule has 0 aliphatic carbocycles. The lowest BCUT2D eigenvalue weighted by atomic mass is 10.0. The number of anilines is 1. The number of thioether (sulfide) groups is 1. The predicted molar refractivity (Wildman–Crippen MR) is 301 cm³/mol. The minimum atomic E-state index is -4.91. The van der Waals surface area contributed by atoms with Gasteiger partial charge in [0.2, 0.25) is 11.0 Å². The van der Waals surface area contributed by atoms with Crippen LogP contribution in [0.1, 0.15) is 23.0 Å². The molecule has 5 atom stereocenters. The lowest BCUT2D eigenvalue weighted by molar-refractivity contribution is -0.136. The highest BCUT2D eigenvalue weighted by molar-refractivity contribution is 7.99. The smallest absolute Gasteiger partial charge is 0.340 e. The third-order valence-corrected chi connectivity index (χ3v) is 16.6. The van der Waals surface area contributed by atoms with Gasteiger partial charge in [-0.05, 0) is 35.9 Å². The Kier molecular flexibility index (Phi) is 29.6. The number of halogens is 4. The number of aliphatic imine (C=N–C) groups is 1. The predicted octanol–water partition coefficient (Wildman–Crippen LogP) is 2.53. The van der Waals surface area contributed by atoms with Crippen LogP contribution < -0.4 is 20.8 Å². The topological polar surface area (TPSA) is 377 Å². The van der Waals surface area contributed by atoms with Crippen LogP contribution in [0.2, 0.25) is 5.28 Å². The molecule has 4 aromatic rings. The number of aliphatic hydroxyl groups is 1. The molecular weight excluding hydrogens is 1230 g/mol. The SMILES string of the molecule is N/N=C(\C=NCCOCCOCCOCCOCCC(=O)Oc1c(F)cc(F)cc1F)COCCOCCOCCOCCSc1ccc(C(=O)NC2CN(c3nc(Cl)nc4c3cnn4[C@@H]3O[C@H](COP(=O)(O)CP(=O)(O)O)[C@@H](O)C3C=O)C2)cc1. The van der Waals surface area contributed by atoms with E-state index in [1.165, 1.54) is 17.1 Å². The fourth-order valence-corrected chi connectivity index (χ4v) is 11.4. The summed E-state index contributed by atoms with van der Waals surface area (Å²) in [5.74, 6) is -2.13. The number of hydrogen-bond donors (Lipinski definition) is 6. The summed E-state index contributed by atoms with van der Waals surface area (Å²) in [6, 6.07) is 7.76. The van der Waals surface area contributed by atoms with E-state index < -0.39 is 81.2 Å². The van der Waals surface area contributed by atoms with Crippen molar-refractivity contribution >= 4 is 85.5 Å². The van der Waals surface area contributed by atoms with Crippen molar-refractivity contribution in [3.63, 3.8) is 0 Å². The number of nitrogens with two attached hydrogens (primary N) is 1. The molecule has 4 heterocycles. The second kappa shape index (κ2) is 36.4. The van der Waals surface area contributed by atoms with E-state index in [0.717, 1.165) is 4.90 Å². The summed E-state index contributed by atoms with van der Waals surface area (Å²) in [6.07, 6.45) is -1.11. The molecule has 86 heavy (non-hydrogen) atoms. The number of rotatable bonds is 42. The molecule has 2 unspecified atom stereocenters. The Morgan fingerprint density at radius 3 is 2.01 bits per heavy atom. The largest absolute Gasteiger partial charge is 0.420 e. The van der Waals surface area contributed by atoms with Gasteiger partial charge in [0.1, 0.15) is 29.7 Å². The summed E-state index contributed by atoms with van der Waals surface area (Å²) in [4.78, 5) is 80.6. The maximum Gasteiger partial charge on any atom is 0.340 e. The van der Waals surface area contributed by atoms with Gasteiger partial charge in [-0.25, -0.2) is 17.9 Å². The van der Waals surface area contributed by atoms with Crippen molar-refractivity contribution in [1.82, 2.24) is 25.1 Å². The molecule has 0 radical (unpaired) electrons. The van der Waals surface area contributed by atoms with Crippen molar-refractivity contribution in [2.24, 2.45) is 21.9 Å². The van der Waals surface area contributed by atoms with Gasteiger partial charge in [-0.2, -0.15) is 20.2 Å². The quantitative estimate of drug-likeness (QED) is 0.00355. The Morgan fingerprint density at radius 1 is 0.837 bits per heavy atom. The molecule has 2 aliphatic rings. The van der Waals surface area contributed by atoms with Crippen LogP contribution in [0.3, 0.4) is 0 Å². The number of aliphatic hydroxyl groups excluding tert-OH is 1. The average molecular weight is 1300 g/mol. The number of ether oxygens (including phenoxy) is 10. The molecule has 6 rings (SSSR count). The fourth-order valence-electron chi connectivity index (χ4n) is 7.92. The Bertz CT molecular complexity index is 2930. The minimum absolute atomic E-state index is 0.0678. The summed E-state index contributed by atoms with van der Waals surface area (Å²) >= 11 is 7.89. The summed E-state index contributed by atoms with van der Waals surface area (Å²) in [5.41, 5.74) is 1.06. The molecule has 2 aliphatic heterocycles. The highest BCUT2D eigenvalue weighted by atomic mass is 35.5. The third kappa shape index (κ3) is 23.8. The van der Waals surface area contributed by atoms with E-state index in [0.29, 0.717) is 146 Å². The molecule has 29 nitrogen and oxygen atoms in total. The molecular formula is C50H67ClF3N9O20P2S. The lowest BCUT2D eigenvalue weighted by Crippen LogP contribution is -2.59. The fraction of sp³-hybridized carbons (Fsp3) is 0.560. The minimum Gasteiger partial charge on any atom is -0.420 e. The van der Waals surface area contributed by atoms with Crippen molar-refractivity contribution < 1.29 is 108 Å². The number of carbonyl (C=O) groups is 3. The van der Waals surface area contributed by atoms with E-state index in [2.05, 4.69) is 35.2 Å². The van der Waals surface area contributed by atoms with Crippen molar-refractivity contribution in [1.29, 1.82) is 0 Å². The standard InChI is InChI=1S/C50H67ClF3N9O20P2S/c51-50-59-46(38-26-57-63(47(38)60-50)49-39(29-64)44(66)42(82-49)31-81-85(71,72)32-84(68,69)70)62-27-36(28-62)58-48(67)33-1-3-37(4-2-33)86-22-21-79-18-17-77-15-16-78-19-20-80-30-35(61-55)25-56-6-8-74-10-12-76-14-13-75-11-9-73-7-5-43(65)83-45-40(53)23-34(52)24-41(45)54/h1-4,23-26,29,36,39,42,44,49,66H,5-22,27-28,30-32,55H2,(H,58,67)(H,71,72)(H2,68,69,70)/b56-25?,61-35+/t39?,42-,44+,49-/m1/s1. The summed E-state index contributed by atoms with van der Waals surface area (Å²) in [5, 5.41) is 22.0. The van der Waals surface area contributed by atoms with Crippen LogP contribution in [0.4, 0.5) is 19.0 Å². The van der Waals surface area contributed by atoms with E-state index in [-0.39, 0.29) is 55.7 Å². The van der Waals surface area contributed by atoms with Crippen molar-refractivity contribution in [3.05, 3.63) is 70.9 Å². The molecule has 1 amide bonds. The second-order valence-electron chi connectivity index (χ2n) is 18.5.